The fraction of sp³-hybridized carbons (Fsp3) is 0.353. The van der Waals surface area contributed by atoms with E-state index in [0.29, 0.717) is 0 Å². The SMILES string of the molecule is CC(C)(C)c1cc(-c2nccc3c2sc2cc4c(c(C#N)c23)C(C)(C)CCC4(C)C)cc2ccccc12. The van der Waals surface area contributed by atoms with Gasteiger partial charge < -0.3 is 0 Å². The minimum Gasteiger partial charge on any atom is -0.255 e. The fourth-order valence-electron chi connectivity index (χ4n) is 6.37. The average molecular weight is 503 g/mol. The maximum atomic E-state index is 10.5. The van der Waals surface area contributed by atoms with Crippen molar-refractivity contribution in [2.45, 2.75) is 77.6 Å². The third kappa shape index (κ3) is 3.61. The van der Waals surface area contributed by atoms with E-state index >= 15 is 0 Å². The van der Waals surface area contributed by atoms with Crippen LogP contribution in [0.15, 0.2) is 54.7 Å². The van der Waals surface area contributed by atoms with Crippen LogP contribution in [0.25, 0.3) is 42.2 Å². The zero-order chi connectivity index (χ0) is 26.3. The highest BCUT2D eigenvalue weighted by atomic mass is 32.1. The Labute approximate surface area is 224 Å². The second-order valence-electron chi connectivity index (χ2n) is 13.1. The standard InChI is InChI=1S/C34H34N2S/c1-32(2,3)25-17-21(16-20-10-8-9-11-22(20)25)30-31-23(12-15-36-30)28-24(19-35)29-26(18-27(28)37-31)33(4,5)13-14-34(29,6)7/h8-12,15-18H,13-14H2,1-7H3. The molecule has 5 aromatic rings. The molecule has 0 spiro atoms. The summed E-state index contributed by atoms with van der Waals surface area (Å²) in [4.78, 5) is 4.94. The lowest BCUT2D eigenvalue weighted by Crippen LogP contribution is -2.34. The first-order chi connectivity index (χ1) is 17.4. The van der Waals surface area contributed by atoms with Gasteiger partial charge >= 0.3 is 0 Å². The van der Waals surface area contributed by atoms with Gasteiger partial charge in [-0.25, -0.2) is 0 Å². The summed E-state index contributed by atoms with van der Waals surface area (Å²) in [5.41, 5.74) is 6.98. The summed E-state index contributed by atoms with van der Waals surface area (Å²) in [6.45, 7) is 16.1. The predicted molar refractivity (Wildman–Crippen MR) is 159 cm³/mol. The van der Waals surface area contributed by atoms with Gasteiger partial charge in [-0.15, -0.1) is 11.3 Å². The molecule has 0 atom stereocenters. The van der Waals surface area contributed by atoms with Gasteiger partial charge in [0.25, 0.3) is 0 Å². The van der Waals surface area contributed by atoms with Gasteiger partial charge in [0.2, 0.25) is 0 Å². The molecule has 3 heteroatoms. The summed E-state index contributed by atoms with van der Waals surface area (Å²) in [5.74, 6) is 0. The smallest absolute Gasteiger partial charge is 0.100 e. The molecule has 0 fully saturated rings. The lowest BCUT2D eigenvalue weighted by Gasteiger charge is -2.42. The van der Waals surface area contributed by atoms with Crippen molar-refractivity contribution >= 4 is 42.3 Å². The molecule has 0 aliphatic heterocycles. The molecule has 6 rings (SSSR count). The first-order valence-electron chi connectivity index (χ1n) is 13.3. The van der Waals surface area contributed by atoms with Crippen LogP contribution in [-0.4, -0.2) is 4.98 Å². The first kappa shape index (κ1) is 24.1. The lowest BCUT2D eigenvalue weighted by atomic mass is 9.61. The van der Waals surface area contributed by atoms with Crippen LogP contribution < -0.4 is 0 Å². The molecule has 0 saturated carbocycles. The van der Waals surface area contributed by atoms with Crippen LogP contribution >= 0.6 is 11.3 Å². The van der Waals surface area contributed by atoms with Crippen molar-refractivity contribution in [2.75, 3.05) is 0 Å². The van der Waals surface area contributed by atoms with E-state index in [4.69, 9.17) is 4.98 Å². The largest absolute Gasteiger partial charge is 0.255 e. The van der Waals surface area contributed by atoms with Crippen molar-refractivity contribution in [1.82, 2.24) is 4.98 Å². The molecule has 186 valence electrons. The molecule has 2 heterocycles. The van der Waals surface area contributed by atoms with E-state index in [9.17, 15) is 5.26 Å². The number of rotatable bonds is 1. The minimum atomic E-state index is -0.0197. The van der Waals surface area contributed by atoms with Crippen molar-refractivity contribution < 1.29 is 0 Å². The third-order valence-corrected chi connectivity index (χ3v) is 9.67. The molecule has 1 aliphatic carbocycles. The number of hydrogen-bond donors (Lipinski definition) is 0. The van der Waals surface area contributed by atoms with Crippen LogP contribution in [0.5, 0.6) is 0 Å². The van der Waals surface area contributed by atoms with Gasteiger partial charge in [0.1, 0.15) is 6.07 Å². The Morgan fingerprint density at radius 1 is 0.919 bits per heavy atom. The van der Waals surface area contributed by atoms with Gasteiger partial charge in [-0.05, 0) is 80.8 Å². The molecule has 0 N–H and O–H groups in total. The van der Waals surface area contributed by atoms with Crippen molar-refractivity contribution in [3.8, 4) is 17.3 Å². The summed E-state index contributed by atoms with van der Waals surface area (Å²) in [6, 6.07) is 20.4. The minimum absolute atomic E-state index is 0.00781. The zero-order valence-electron chi connectivity index (χ0n) is 22.9. The van der Waals surface area contributed by atoms with Gasteiger partial charge in [0.15, 0.2) is 0 Å². The van der Waals surface area contributed by atoms with Gasteiger partial charge in [-0.1, -0.05) is 72.7 Å². The number of benzene rings is 3. The van der Waals surface area contributed by atoms with Crippen molar-refractivity contribution in [2.24, 2.45) is 0 Å². The molecule has 3 aromatic carbocycles. The molecule has 0 saturated heterocycles. The fourth-order valence-corrected chi connectivity index (χ4v) is 7.63. The highest BCUT2D eigenvalue weighted by Crippen LogP contribution is 2.52. The Hall–Kier alpha value is -3.22. The predicted octanol–water partition coefficient (Wildman–Crippen LogP) is 9.79. The molecule has 0 unspecified atom stereocenters. The number of aromatic nitrogens is 1. The maximum Gasteiger partial charge on any atom is 0.100 e. The van der Waals surface area contributed by atoms with Crippen LogP contribution in [0.1, 0.15) is 83.6 Å². The average Bonchev–Trinajstić information content (AvgIpc) is 3.23. The monoisotopic (exact) mass is 502 g/mol. The molecule has 2 aromatic heterocycles. The van der Waals surface area contributed by atoms with Crippen molar-refractivity contribution in [3.63, 3.8) is 0 Å². The van der Waals surface area contributed by atoms with E-state index in [2.05, 4.69) is 103 Å². The van der Waals surface area contributed by atoms with Crippen LogP contribution in [0, 0.1) is 11.3 Å². The summed E-state index contributed by atoms with van der Waals surface area (Å²) in [6.07, 6.45) is 4.15. The summed E-state index contributed by atoms with van der Waals surface area (Å²) >= 11 is 1.79. The molecule has 0 amide bonds. The van der Waals surface area contributed by atoms with E-state index in [1.807, 2.05) is 6.20 Å². The Kier molecular flexibility index (Phi) is 5.15. The van der Waals surface area contributed by atoms with E-state index < -0.39 is 0 Å². The highest BCUT2D eigenvalue weighted by molar-refractivity contribution is 7.26. The number of fused-ring (bicyclic) bond motifs is 5. The molecular weight excluding hydrogens is 468 g/mol. The number of hydrogen-bond acceptors (Lipinski definition) is 3. The topological polar surface area (TPSA) is 36.7 Å². The zero-order valence-corrected chi connectivity index (χ0v) is 23.7. The van der Waals surface area contributed by atoms with E-state index in [1.165, 1.54) is 36.9 Å². The molecule has 1 aliphatic rings. The highest BCUT2D eigenvalue weighted by Gasteiger charge is 2.40. The first-order valence-corrected chi connectivity index (χ1v) is 14.1. The van der Waals surface area contributed by atoms with E-state index in [1.54, 1.807) is 11.3 Å². The van der Waals surface area contributed by atoms with Crippen LogP contribution in [0.3, 0.4) is 0 Å². The van der Waals surface area contributed by atoms with Gasteiger partial charge in [-0.2, -0.15) is 5.26 Å². The van der Waals surface area contributed by atoms with Gasteiger partial charge in [-0.3, -0.25) is 4.98 Å². The van der Waals surface area contributed by atoms with Crippen LogP contribution in [0.2, 0.25) is 0 Å². The molecular formula is C34H34N2S. The van der Waals surface area contributed by atoms with Gasteiger partial charge in [0.05, 0.1) is 16.0 Å². The lowest BCUT2D eigenvalue weighted by molar-refractivity contribution is 0.332. The Morgan fingerprint density at radius 3 is 2.38 bits per heavy atom. The summed E-state index contributed by atoms with van der Waals surface area (Å²) in [7, 11) is 0. The van der Waals surface area contributed by atoms with E-state index in [-0.39, 0.29) is 16.2 Å². The number of nitriles is 1. The van der Waals surface area contributed by atoms with Crippen molar-refractivity contribution in [1.29, 1.82) is 5.26 Å². The summed E-state index contributed by atoms with van der Waals surface area (Å²) < 4.78 is 2.37. The summed E-state index contributed by atoms with van der Waals surface area (Å²) in [5, 5.41) is 15.3. The second-order valence-corrected chi connectivity index (χ2v) is 14.1. The molecule has 37 heavy (non-hydrogen) atoms. The van der Waals surface area contributed by atoms with E-state index in [0.717, 1.165) is 40.4 Å². The van der Waals surface area contributed by atoms with Gasteiger partial charge in [0, 0.05) is 27.2 Å². The number of thiophene rings is 1. The Morgan fingerprint density at radius 2 is 1.65 bits per heavy atom. The maximum absolute atomic E-state index is 10.5. The second kappa shape index (κ2) is 7.89. The number of nitrogens with zero attached hydrogens (tertiary/aromatic N) is 2. The normalized spacial score (nSPS) is 16.7. The Bertz CT molecular complexity index is 1770. The molecule has 0 bridgehead atoms. The van der Waals surface area contributed by atoms with Crippen molar-refractivity contribution in [3.05, 3.63) is 77.0 Å². The molecule has 2 nitrogen and oxygen atoms in total. The Balaban J connectivity index is 1.71. The van der Waals surface area contributed by atoms with Crippen LogP contribution in [-0.2, 0) is 16.2 Å². The molecule has 0 radical (unpaired) electrons. The number of pyridine rings is 1. The third-order valence-electron chi connectivity index (χ3n) is 8.51. The quantitative estimate of drug-likeness (QED) is 0.229. The van der Waals surface area contributed by atoms with Crippen LogP contribution in [0.4, 0.5) is 0 Å².